The molecule has 2 nitrogen and oxygen atoms in total. The van der Waals surface area contributed by atoms with E-state index in [1.165, 1.54) is 74.7 Å². The zero-order valence-electron chi connectivity index (χ0n) is 19.3. The third kappa shape index (κ3) is 6.31. The lowest BCUT2D eigenvalue weighted by molar-refractivity contribution is 0.513. The van der Waals surface area contributed by atoms with Gasteiger partial charge < -0.3 is 0 Å². The van der Waals surface area contributed by atoms with Crippen LogP contribution in [0.4, 0.5) is 8.78 Å². The van der Waals surface area contributed by atoms with Crippen molar-refractivity contribution in [1.29, 1.82) is 0 Å². The number of aromatic nitrogens is 2. The second-order valence-corrected chi connectivity index (χ2v) is 12.7. The molecule has 4 rings (SSSR count). The van der Waals surface area contributed by atoms with Gasteiger partial charge in [-0.1, -0.05) is 64.7 Å². The fourth-order valence-corrected chi connectivity index (χ4v) is 7.60. The Morgan fingerprint density at radius 2 is 1.53 bits per heavy atom. The summed E-state index contributed by atoms with van der Waals surface area (Å²) in [6.07, 6.45) is 13.9. The van der Waals surface area contributed by atoms with Crippen molar-refractivity contribution in [1.82, 2.24) is 8.75 Å². The maximum absolute atomic E-state index is 14.9. The van der Waals surface area contributed by atoms with Gasteiger partial charge in [0.05, 0.1) is 21.1 Å². The summed E-state index contributed by atoms with van der Waals surface area (Å²) in [6, 6.07) is 7.30. The molecular weight excluding hydrogens is 554 g/mol. The third-order valence-corrected chi connectivity index (χ3v) is 9.64. The number of halogens is 3. The van der Waals surface area contributed by atoms with E-state index in [0.717, 1.165) is 49.1 Å². The number of aryl methyl sites for hydroxylation is 1. The van der Waals surface area contributed by atoms with Crippen molar-refractivity contribution >= 4 is 61.4 Å². The number of hydrogen-bond donors (Lipinski definition) is 0. The zero-order chi connectivity index (χ0) is 23.9. The Kier molecular flexibility index (Phi) is 9.62. The van der Waals surface area contributed by atoms with Gasteiger partial charge in [0.1, 0.15) is 11.0 Å². The van der Waals surface area contributed by atoms with Crippen LogP contribution in [-0.4, -0.2) is 8.75 Å². The van der Waals surface area contributed by atoms with Crippen LogP contribution in [-0.2, 0) is 6.42 Å². The molecule has 0 radical (unpaired) electrons. The van der Waals surface area contributed by atoms with E-state index in [4.69, 9.17) is 0 Å². The van der Waals surface area contributed by atoms with E-state index >= 15 is 0 Å². The van der Waals surface area contributed by atoms with Crippen LogP contribution < -0.4 is 0 Å². The molecule has 0 N–H and O–H groups in total. The first-order chi connectivity index (χ1) is 16.6. The van der Waals surface area contributed by atoms with Crippen LogP contribution in [0.2, 0.25) is 0 Å². The Bertz CT molecular complexity index is 1210. The summed E-state index contributed by atoms with van der Waals surface area (Å²) >= 11 is 7.73. The minimum absolute atomic E-state index is 0.236. The van der Waals surface area contributed by atoms with Crippen molar-refractivity contribution in [2.75, 3.05) is 0 Å². The molecule has 0 unspecified atom stereocenters. The summed E-state index contributed by atoms with van der Waals surface area (Å²) < 4.78 is 38.7. The van der Waals surface area contributed by atoms with E-state index in [1.807, 2.05) is 12.1 Å². The van der Waals surface area contributed by atoms with Gasteiger partial charge in [0.2, 0.25) is 0 Å². The molecule has 0 atom stereocenters. The van der Waals surface area contributed by atoms with E-state index in [-0.39, 0.29) is 5.56 Å². The Morgan fingerprint density at radius 3 is 2.21 bits per heavy atom. The molecule has 3 heterocycles. The smallest absolute Gasteiger partial charge is 0.169 e. The maximum atomic E-state index is 14.9. The monoisotopic (exact) mass is 582 g/mol. The average molecular weight is 584 g/mol. The van der Waals surface area contributed by atoms with E-state index < -0.39 is 11.6 Å². The zero-order valence-corrected chi connectivity index (χ0v) is 23.4. The molecule has 0 spiro atoms. The van der Waals surface area contributed by atoms with E-state index in [2.05, 4.69) is 37.7 Å². The van der Waals surface area contributed by atoms with Crippen LogP contribution in [0.25, 0.3) is 31.2 Å². The van der Waals surface area contributed by atoms with Crippen molar-refractivity contribution in [3.05, 3.63) is 45.2 Å². The summed E-state index contributed by atoms with van der Waals surface area (Å²) in [5, 5.41) is 0. The second kappa shape index (κ2) is 12.7. The minimum Gasteiger partial charge on any atom is -0.204 e. The summed E-state index contributed by atoms with van der Waals surface area (Å²) in [6.45, 7) is 2.25. The van der Waals surface area contributed by atoms with E-state index in [0.29, 0.717) is 11.0 Å². The predicted molar refractivity (Wildman–Crippen MR) is 147 cm³/mol. The SMILES string of the molecule is CCCCCCCCCCCCc1cc(-c2c(F)c(F)cc3nsnc23)sc1-c1ccc(Br)s1. The molecular formula is C26H29BrF2N2S3. The van der Waals surface area contributed by atoms with Crippen molar-refractivity contribution in [2.45, 2.75) is 77.6 Å². The van der Waals surface area contributed by atoms with Gasteiger partial charge in [-0.2, -0.15) is 8.75 Å². The van der Waals surface area contributed by atoms with Gasteiger partial charge >= 0.3 is 0 Å². The second-order valence-electron chi connectivity index (χ2n) is 8.68. The normalized spacial score (nSPS) is 11.6. The Hall–Kier alpha value is -1.22. The third-order valence-electron chi connectivity index (χ3n) is 6.10. The van der Waals surface area contributed by atoms with Crippen LogP contribution in [0.5, 0.6) is 0 Å². The number of nitrogens with zero attached hydrogens (tertiary/aromatic N) is 2. The fourth-order valence-electron chi connectivity index (χ4n) is 4.28. The molecule has 0 aliphatic rings. The Balaban J connectivity index is 1.47. The molecule has 0 aliphatic heterocycles. The fraction of sp³-hybridized carbons (Fsp3) is 0.462. The van der Waals surface area contributed by atoms with Crippen molar-refractivity contribution < 1.29 is 8.78 Å². The Labute approximate surface area is 220 Å². The lowest BCUT2D eigenvalue weighted by Crippen LogP contribution is -1.90. The van der Waals surface area contributed by atoms with Crippen molar-refractivity contribution in [3.8, 4) is 20.2 Å². The van der Waals surface area contributed by atoms with Crippen LogP contribution in [0, 0.1) is 11.6 Å². The molecule has 0 saturated heterocycles. The number of thiophene rings is 2. The van der Waals surface area contributed by atoms with Gasteiger partial charge in [0.25, 0.3) is 0 Å². The minimum atomic E-state index is -0.875. The molecule has 0 fully saturated rings. The van der Waals surface area contributed by atoms with E-state index in [1.54, 1.807) is 11.3 Å². The number of unbranched alkanes of at least 4 members (excludes halogenated alkanes) is 9. The van der Waals surface area contributed by atoms with Crippen LogP contribution in [0.15, 0.2) is 28.1 Å². The first-order valence-corrected chi connectivity index (χ1v) is 15.2. The molecule has 0 amide bonds. The lowest BCUT2D eigenvalue weighted by atomic mass is 10.0. The Morgan fingerprint density at radius 1 is 0.824 bits per heavy atom. The average Bonchev–Trinajstić information content (AvgIpc) is 3.56. The van der Waals surface area contributed by atoms with E-state index in [9.17, 15) is 8.78 Å². The van der Waals surface area contributed by atoms with Crippen LogP contribution in [0.3, 0.4) is 0 Å². The molecule has 0 aliphatic carbocycles. The van der Waals surface area contributed by atoms with Crippen molar-refractivity contribution in [2.24, 2.45) is 0 Å². The molecule has 182 valence electrons. The quantitative estimate of drug-likeness (QED) is 0.146. The topological polar surface area (TPSA) is 25.8 Å². The molecule has 4 aromatic rings. The largest absolute Gasteiger partial charge is 0.204 e. The van der Waals surface area contributed by atoms with Crippen molar-refractivity contribution in [3.63, 3.8) is 0 Å². The number of benzene rings is 1. The predicted octanol–water partition coefficient (Wildman–Crippen LogP) is 10.7. The molecule has 0 saturated carbocycles. The van der Waals surface area contributed by atoms with Gasteiger partial charge in [0.15, 0.2) is 11.6 Å². The summed E-state index contributed by atoms with van der Waals surface area (Å²) in [7, 11) is 0. The molecule has 34 heavy (non-hydrogen) atoms. The van der Waals surface area contributed by atoms with Gasteiger partial charge in [-0.3, -0.25) is 0 Å². The number of fused-ring (bicyclic) bond motifs is 1. The molecule has 3 aromatic heterocycles. The van der Waals surface area contributed by atoms with Crippen LogP contribution in [0.1, 0.15) is 76.7 Å². The highest BCUT2D eigenvalue weighted by Gasteiger charge is 2.22. The van der Waals surface area contributed by atoms with Gasteiger partial charge in [0, 0.05) is 20.7 Å². The summed E-state index contributed by atoms with van der Waals surface area (Å²) in [5.41, 5.74) is 2.28. The molecule has 1 aromatic carbocycles. The molecule has 8 heteroatoms. The van der Waals surface area contributed by atoms with Gasteiger partial charge in [-0.05, 0) is 52.5 Å². The van der Waals surface area contributed by atoms with Gasteiger partial charge in [-0.15, -0.1) is 22.7 Å². The number of hydrogen-bond acceptors (Lipinski definition) is 5. The highest BCUT2D eigenvalue weighted by atomic mass is 79.9. The van der Waals surface area contributed by atoms with Crippen LogP contribution >= 0.6 is 50.3 Å². The number of rotatable bonds is 13. The molecule has 0 bridgehead atoms. The lowest BCUT2D eigenvalue weighted by Gasteiger charge is -2.04. The highest BCUT2D eigenvalue weighted by Crippen LogP contribution is 2.45. The van der Waals surface area contributed by atoms with Gasteiger partial charge in [-0.25, -0.2) is 8.78 Å². The standard InChI is InChI=1S/C26H29BrF2N2S3/c1-2-3-4-5-6-7-8-9-10-11-12-17-15-21(33-26(17)20-13-14-22(27)32-20)23-24(29)18(28)16-19-25(23)31-34-30-19/h13-16H,2-12H2,1H3. The highest BCUT2D eigenvalue weighted by molar-refractivity contribution is 9.11. The maximum Gasteiger partial charge on any atom is 0.169 e. The summed E-state index contributed by atoms with van der Waals surface area (Å²) in [5.74, 6) is -1.72. The first-order valence-electron chi connectivity index (χ1n) is 12.1. The summed E-state index contributed by atoms with van der Waals surface area (Å²) in [4.78, 5) is 3.01. The first kappa shape index (κ1) is 25.9.